The third kappa shape index (κ3) is 7.29. The van der Waals surface area contributed by atoms with Crippen LogP contribution < -0.4 is 4.74 Å². The number of fused-ring (bicyclic) bond motifs is 3. The van der Waals surface area contributed by atoms with E-state index in [0.29, 0.717) is 0 Å². The Morgan fingerprint density at radius 2 is 1.19 bits per heavy atom. The van der Waals surface area contributed by atoms with Gasteiger partial charge in [0, 0.05) is 28.9 Å². The summed E-state index contributed by atoms with van der Waals surface area (Å²) in [4.78, 5) is 0. The van der Waals surface area contributed by atoms with Gasteiger partial charge in [-0.3, -0.25) is 0 Å². The summed E-state index contributed by atoms with van der Waals surface area (Å²) < 4.78 is 8.68. The smallest absolute Gasteiger partial charge is 0.121 e. The Kier molecular flexibility index (Phi) is 11.0. The SMILES string of the molecule is CCCCCCCCCCn1c2ccccc2c2ccc(OCCCCCCCC)cc21. The van der Waals surface area contributed by atoms with Crippen molar-refractivity contribution in [1.82, 2.24) is 4.57 Å². The minimum Gasteiger partial charge on any atom is -0.494 e. The molecule has 0 radical (unpaired) electrons. The molecule has 176 valence electrons. The molecule has 0 unspecified atom stereocenters. The lowest BCUT2D eigenvalue weighted by atomic mass is 10.1. The van der Waals surface area contributed by atoms with Crippen molar-refractivity contribution in [3.05, 3.63) is 42.5 Å². The number of aryl methyl sites for hydroxylation is 1. The van der Waals surface area contributed by atoms with Gasteiger partial charge < -0.3 is 9.30 Å². The molecule has 0 aliphatic heterocycles. The van der Waals surface area contributed by atoms with Crippen LogP contribution in [-0.2, 0) is 6.54 Å². The third-order valence-corrected chi connectivity index (χ3v) is 6.75. The van der Waals surface area contributed by atoms with Crippen molar-refractivity contribution in [3.8, 4) is 5.75 Å². The van der Waals surface area contributed by atoms with E-state index in [0.717, 1.165) is 25.3 Å². The van der Waals surface area contributed by atoms with E-state index in [1.165, 1.54) is 105 Å². The molecule has 0 N–H and O–H groups in total. The van der Waals surface area contributed by atoms with Crippen LogP contribution in [0.25, 0.3) is 21.8 Å². The average Bonchev–Trinajstić information content (AvgIpc) is 3.13. The number of rotatable bonds is 17. The minimum absolute atomic E-state index is 0.829. The second-order valence-electron chi connectivity index (χ2n) is 9.44. The second-order valence-corrected chi connectivity index (χ2v) is 9.44. The number of ether oxygens (including phenoxy) is 1. The molecule has 0 saturated carbocycles. The van der Waals surface area contributed by atoms with Gasteiger partial charge in [0.1, 0.15) is 5.75 Å². The molecule has 2 nitrogen and oxygen atoms in total. The van der Waals surface area contributed by atoms with E-state index in [4.69, 9.17) is 4.74 Å². The minimum atomic E-state index is 0.829. The second kappa shape index (κ2) is 14.2. The molecule has 0 bridgehead atoms. The number of benzene rings is 2. The van der Waals surface area contributed by atoms with Crippen LogP contribution in [0.15, 0.2) is 42.5 Å². The van der Waals surface area contributed by atoms with Gasteiger partial charge in [0.25, 0.3) is 0 Å². The van der Waals surface area contributed by atoms with Gasteiger partial charge in [-0.1, -0.05) is 109 Å². The molecule has 0 amide bonds. The summed E-state index contributed by atoms with van der Waals surface area (Å²) in [5.74, 6) is 1.02. The Morgan fingerprint density at radius 3 is 1.91 bits per heavy atom. The highest BCUT2D eigenvalue weighted by Gasteiger charge is 2.11. The third-order valence-electron chi connectivity index (χ3n) is 6.75. The molecule has 0 spiro atoms. The van der Waals surface area contributed by atoms with E-state index < -0.39 is 0 Å². The lowest BCUT2D eigenvalue weighted by molar-refractivity contribution is 0.304. The Bertz CT molecular complexity index is 910. The van der Waals surface area contributed by atoms with Crippen molar-refractivity contribution < 1.29 is 4.74 Å². The number of hydrogen-bond acceptors (Lipinski definition) is 1. The van der Waals surface area contributed by atoms with E-state index >= 15 is 0 Å². The molecule has 0 aliphatic carbocycles. The number of para-hydroxylation sites is 1. The van der Waals surface area contributed by atoms with Crippen LogP contribution in [-0.4, -0.2) is 11.2 Å². The first kappa shape index (κ1) is 24.7. The monoisotopic (exact) mass is 435 g/mol. The summed E-state index contributed by atoms with van der Waals surface area (Å²) >= 11 is 0. The van der Waals surface area contributed by atoms with Crippen LogP contribution in [0.5, 0.6) is 5.75 Å². The number of nitrogens with zero attached hydrogens (tertiary/aromatic N) is 1. The fourth-order valence-corrected chi connectivity index (χ4v) is 4.84. The van der Waals surface area contributed by atoms with Crippen molar-refractivity contribution in [2.45, 2.75) is 110 Å². The van der Waals surface area contributed by atoms with E-state index in [-0.39, 0.29) is 0 Å². The lowest BCUT2D eigenvalue weighted by Gasteiger charge is -2.10. The molecule has 0 atom stereocenters. The van der Waals surface area contributed by atoms with Crippen molar-refractivity contribution in [1.29, 1.82) is 0 Å². The molecule has 2 aromatic carbocycles. The van der Waals surface area contributed by atoms with Gasteiger partial charge in [0.2, 0.25) is 0 Å². The zero-order chi connectivity index (χ0) is 22.4. The Morgan fingerprint density at radius 1 is 0.594 bits per heavy atom. The molecular formula is C30H45NO. The predicted octanol–water partition coefficient (Wildman–Crippen LogP) is 9.67. The lowest BCUT2D eigenvalue weighted by Crippen LogP contribution is -2.00. The first-order valence-electron chi connectivity index (χ1n) is 13.5. The van der Waals surface area contributed by atoms with Gasteiger partial charge >= 0.3 is 0 Å². The highest BCUT2D eigenvalue weighted by molar-refractivity contribution is 6.08. The van der Waals surface area contributed by atoms with E-state index in [1.807, 2.05) is 0 Å². The number of aromatic nitrogens is 1. The fraction of sp³-hybridized carbons (Fsp3) is 0.600. The van der Waals surface area contributed by atoms with Gasteiger partial charge in [-0.05, 0) is 31.0 Å². The quantitative estimate of drug-likeness (QED) is 0.192. The molecule has 1 aromatic heterocycles. The van der Waals surface area contributed by atoms with Crippen LogP contribution in [0.1, 0.15) is 104 Å². The van der Waals surface area contributed by atoms with Crippen molar-refractivity contribution in [2.24, 2.45) is 0 Å². The molecule has 3 rings (SSSR count). The zero-order valence-electron chi connectivity index (χ0n) is 20.7. The molecular weight excluding hydrogens is 390 g/mol. The Balaban J connectivity index is 1.58. The van der Waals surface area contributed by atoms with Crippen LogP contribution in [0, 0.1) is 0 Å². The average molecular weight is 436 g/mol. The highest BCUT2D eigenvalue weighted by atomic mass is 16.5. The van der Waals surface area contributed by atoms with Gasteiger partial charge in [-0.2, -0.15) is 0 Å². The zero-order valence-corrected chi connectivity index (χ0v) is 20.7. The standard InChI is InChI=1S/C30H45NO/c1-3-5-7-9-11-12-13-17-23-31-29-20-16-15-19-27(29)28-22-21-26(25-30(28)31)32-24-18-14-10-8-6-4-2/h15-16,19-22,25H,3-14,17-18,23-24H2,1-2H3. The summed E-state index contributed by atoms with van der Waals surface area (Å²) in [6, 6.07) is 15.6. The van der Waals surface area contributed by atoms with Crippen molar-refractivity contribution in [3.63, 3.8) is 0 Å². The molecule has 0 aliphatic rings. The Hall–Kier alpha value is -1.96. The van der Waals surface area contributed by atoms with Crippen LogP contribution >= 0.6 is 0 Å². The first-order chi connectivity index (χ1) is 15.8. The largest absolute Gasteiger partial charge is 0.494 e. The number of unbranched alkanes of at least 4 members (excludes halogenated alkanes) is 12. The van der Waals surface area contributed by atoms with Gasteiger partial charge in [-0.25, -0.2) is 0 Å². The van der Waals surface area contributed by atoms with E-state index in [1.54, 1.807) is 0 Å². The molecule has 1 heterocycles. The maximum absolute atomic E-state index is 6.15. The van der Waals surface area contributed by atoms with Crippen LogP contribution in [0.4, 0.5) is 0 Å². The van der Waals surface area contributed by atoms with Crippen LogP contribution in [0.3, 0.4) is 0 Å². The summed E-state index contributed by atoms with van der Waals surface area (Å²) in [5.41, 5.74) is 2.69. The highest BCUT2D eigenvalue weighted by Crippen LogP contribution is 2.32. The predicted molar refractivity (Wildman–Crippen MR) is 141 cm³/mol. The summed E-state index contributed by atoms with van der Waals surface area (Å²) in [6.07, 6.45) is 18.7. The number of hydrogen-bond donors (Lipinski definition) is 0. The molecule has 0 saturated heterocycles. The molecule has 2 heteroatoms. The van der Waals surface area contributed by atoms with Gasteiger partial charge in [0.15, 0.2) is 0 Å². The summed E-state index contributed by atoms with van der Waals surface area (Å²) in [6.45, 7) is 6.49. The van der Waals surface area contributed by atoms with Gasteiger partial charge in [-0.15, -0.1) is 0 Å². The van der Waals surface area contributed by atoms with Crippen LogP contribution in [0.2, 0.25) is 0 Å². The normalized spacial score (nSPS) is 11.6. The maximum Gasteiger partial charge on any atom is 0.121 e. The molecule has 32 heavy (non-hydrogen) atoms. The summed E-state index contributed by atoms with van der Waals surface area (Å²) in [7, 11) is 0. The van der Waals surface area contributed by atoms with Crippen molar-refractivity contribution >= 4 is 21.8 Å². The Labute approximate surface area is 196 Å². The first-order valence-corrected chi connectivity index (χ1v) is 13.5. The van der Waals surface area contributed by atoms with E-state index in [9.17, 15) is 0 Å². The molecule has 3 aromatic rings. The summed E-state index contributed by atoms with van der Waals surface area (Å²) in [5, 5.41) is 2.72. The van der Waals surface area contributed by atoms with Gasteiger partial charge in [0.05, 0.1) is 12.1 Å². The fourth-order valence-electron chi connectivity index (χ4n) is 4.84. The van der Waals surface area contributed by atoms with Crippen molar-refractivity contribution in [2.75, 3.05) is 6.61 Å². The topological polar surface area (TPSA) is 14.2 Å². The maximum atomic E-state index is 6.15. The molecule has 0 fully saturated rings. The van der Waals surface area contributed by atoms with E-state index in [2.05, 4.69) is 60.9 Å².